The van der Waals surface area contributed by atoms with Crippen molar-refractivity contribution in [3.63, 3.8) is 0 Å². The summed E-state index contributed by atoms with van der Waals surface area (Å²) in [7, 11) is 0. The van der Waals surface area contributed by atoms with Crippen molar-refractivity contribution in [2.45, 2.75) is 57.7 Å². The molecule has 2 bridgehead atoms. The van der Waals surface area contributed by atoms with Crippen molar-refractivity contribution in [3.8, 4) is 0 Å². The summed E-state index contributed by atoms with van der Waals surface area (Å²) in [6, 6.07) is 9.56. The predicted molar refractivity (Wildman–Crippen MR) is 80.4 cm³/mol. The van der Waals surface area contributed by atoms with Gasteiger partial charge in [-0.3, -0.25) is 4.79 Å². The maximum Gasteiger partial charge on any atom is 0.225 e. The molecule has 0 spiro atoms. The first-order valence-electron chi connectivity index (χ1n) is 7.76. The molecule has 2 aliphatic rings. The molecule has 0 aliphatic carbocycles. The largest absolute Gasteiger partial charge is 0.352 e. The summed E-state index contributed by atoms with van der Waals surface area (Å²) in [5.74, 6) is 0.958. The SMILES string of the molecule is CC(C)c1ccc(CNC(=O)C2CC3CCC2N3)cc1. The molecule has 1 aromatic carbocycles. The van der Waals surface area contributed by atoms with Gasteiger partial charge in [0, 0.05) is 18.6 Å². The molecule has 108 valence electrons. The Kier molecular flexibility index (Phi) is 3.79. The van der Waals surface area contributed by atoms with Crippen molar-refractivity contribution in [2.75, 3.05) is 0 Å². The van der Waals surface area contributed by atoms with Crippen molar-refractivity contribution < 1.29 is 4.79 Å². The van der Waals surface area contributed by atoms with Gasteiger partial charge in [-0.1, -0.05) is 38.1 Å². The zero-order chi connectivity index (χ0) is 14.1. The minimum Gasteiger partial charge on any atom is -0.352 e. The van der Waals surface area contributed by atoms with Crippen LogP contribution in [0.4, 0.5) is 0 Å². The van der Waals surface area contributed by atoms with Crippen molar-refractivity contribution in [1.29, 1.82) is 0 Å². The summed E-state index contributed by atoms with van der Waals surface area (Å²) in [5.41, 5.74) is 2.52. The average molecular weight is 272 g/mol. The number of rotatable bonds is 4. The first kappa shape index (κ1) is 13.6. The van der Waals surface area contributed by atoms with Gasteiger partial charge < -0.3 is 10.6 Å². The van der Waals surface area contributed by atoms with Crippen molar-refractivity contribution >= 4 is 5.91 Å². The molecule has 20 heavy (non-hydrogen) atoms. The molecule has 3 unspecified atom stereocenters. The van der Waals surface area contributed by atoms with E-state index in [2.05, 4.69) is 48.7 Å². The van der Waals surface area contributed by atoms with Crippen molar-refractivity contribution in [2.24, 2.45) is 5.92 Å². The van der Waals surface area contributed by atoms with Gasteiger partial charge in [-0.2, -0.15) is 0 Å². The van der Waals surface area contributed by atoms with Crippen LogP contribution in [0, 0.1) is 5.92 Å². The minimum atomic E-state index is 0.184. The quantitative estimate of drug-likeness (QED) is 0.884. The fourth-order valence-corrected chi connectivity index (χ4v) is 3.45. The highest BCUT2D eigenvalue weighted by Crippen LogP contribution is 2.33. The highest BCUT2D eigenvalue weighted by molar-refractivity contribution is 5.80. The Labute approximate surface area is 121 Å². The highest BCUT2D eigenvalue weighted by Gasteiger charge is 2.42. The highest BCUT2D eigenvalue weighted by atomic mass is 16.1. The van der Waals surface area contributed by atoms with Crippen molar-refractivity contribution in [1.82, 2.24) is 10.6 Å². The molecule has 3 heteroatoms. The molecule has 0 saturated carbocycles. The second kappa shape index (κ2) is 5.57. The smallest absolute Gasteiger partial charge is 0.225 e. The minimum absolute atomic E-state index is 0.184. The van der Waals surface area contributed by atoms with Crippen LogP contribution >= 0.6 is 0 Å². The molecule has 2 fully saturated rings. The van der Waals surface area contributed by atoms with Gasteiger partial charge in [-0.05, 0) is 36.3 Å². The maximum absolute atomic E-state index is 12.2. The van der Waals surface area contributed by atoms with Crippen LogP contribution < -0.4 is 10.6 Å². The molecule has 3 nitrogen and oxygen atoms in total. The third-order valence-electron chi connectivity index (χ3n) is 4.75. The molecule has 2 saturated heterocycles. The van der Waals surface area contributed by atoms with Crippen LogP contribution in [0.25, 0.3) is 0 Å². The summed E-state index contributed by atoms with van der Waals surface area (Å²) in [4.78, 5) is 12.2. The van der Waals surface area contributed by atoms with Crippen molar-refractivity contribution in [3.05, 3.63) is 35.4 Å². The van der Waals surface area contributed by atoms with Gasteiger partial charge in [0.15, 0.2) is 0 Å². The van der Waals surface area contributed by atoms with Crippen LogP contribution in [0.5, 0.6) is 0 Å². The van der Waals surface area contributed by atoms with Crippen LogP contribution in [-0.2, 0) is 11.3 Å². The van der Waals surface area contributed by atoms with Gasteiger partial charge in [0.2, 0.25) is 5.91 Å². The van der Waals surface area contributed by atoms with E-state index in [0.717, 1.165) is 12.8 Å². The lowest BCUT2D eigenvalue weighted by Gasteiger charge is -2.19. The van der Waals surface area contributed by atoms with E-state index in [1.807, 2.05) is 0 Å². The van der Waals surface area contributed by atoms with E-state index in [-0.39, 0.29) is 11.8 Å². The Morgan fingerprint density at radius 2 is 2.05 bits per heavy atom. The zero-order valence-corrected chi connectivity index (χ0v) is 12.4. The molecule has 2 N–H and O–H groups in total. The molecule has 3 atom stereocenters. The monoisotopic (exact) mass is 272 g/mol. The lowest BCUT2D eigenvalue weighted by Crippen LogP contribution is -2.37. The second-order valence-electron chi connectivity index (χ2n) is 6.50. The summed E-state index contributed by atoms with van der Waals surface area (Å²) < 4.78 is 0. The van der Waals surface area contributed by atoms with Crippen LogP contribution in [0.1, 0.15) is 50.2 Å². The molecule has 2 heterocycles. The van der Waals surface area contributed by atoms with Gasteiger partial charge in [0.05, 0.1) is 5.92 Å². The third-order valence-corrected chi connectivity index (χ3v) is 4.75. The molecule has 0 aromatic heterocycles. The molecule has 3 rings (SSSR count). The van der Waals surface area contributed by atoms with E-state index in [4.69, 9.17) is 0 Å². The molecule has 1 aromatic rings. The Balaban J connectivity index is 1.53. The number of fused-ring (bicyclic) bond motifs is 2. The number of carbonyl (C=O) groups is 1. The number of carbonyl (C=O) groups excluding carboxylic acids is 1. The number of hydrogen-bond acceptors (Lipinski definition) is 2. The van der Waals surface area contributed by atoms with Gasteiger partial charge in [0.25, 0.3) is 0 Å². The van der Waals surface area contributed by atoms with Crippen LogP contribution in [0.15, 0.2) is 24.3 Å². The topological polar surface area (TPSA) is 41.1 Å². The van der Waals surface area contributed by atoms with Crippen LogP contribution in [-0.4, -0.2) is 18.0 Å². The molecule has 2 aliphatic heterocycles. The summed E-state index contributed by atoms with van der Waals surface area (Å²) >= 11 is 0. The Bertz CT molecular complexity index is 480. The van der Waals surface area contributed by atoms with E-state index in [9.17, 15) is 4.79 Å². The van der Waals surface area contributed by atoms with E-state index >= 15 is 0 Å². The van der Waals surface area contributed by atoms with Gasteiger partial charge >= 0.3 is 0 Å². The molecule has 0 radical (unpaired) electrons. The number of amides is 1. The average Bonchev–Trinajstić information content (AvgIpc) is 3.08. The normalized spacial score (nSPS) is 28.1. The van der Waals surface area contributed by atoms with Gasteiger partial charge in [0.1, 0.15) is 0 Å². The first-order valence-corrected chi connectivity index (χ1v) is 7.76. The number of nitrogens with one attached hydrogen (secondary N) is 2. The fraction of sp³-hybridized carbons (Fsp3) is 0.588. The van der Waals surface area contributed by atoms with Crippen LogP contribution in [0.2, 0.25) is 0 Å². The summed E-state index contributed by atoms with van der Waals surface area (Å²) in [5, 5.41) is 6.61. The van der Waals surface area contributed by atoms with E-state index in [1.165, 1.54) is 17.5 Å². The Morgan fingerprint density at radius 1 is 1.30 bits per heavy atom. The third kappa shape index (κ3) is 2.73. The standard InChI is InChI=1S/C17H24N2O/c1-11(2)13-5-3-12(4-6-13)10-18-17(20)15-9-14-7-8-16(15)19-14/h3-6,11,14-16,19H,7-10H2,1-2H3,(H,18,20). The lowest BCUT2D eigenvalue weighted by molar-refractivity contribution is -0.125. The fourth-order valence-electron chi connectivity index (χ4n) is 3.45. The zero-order valence-electron chi connectivity index (χ0n) is 12.4. The second-order valence-corrected chi connectivity index (χ2v) is 6.50. The van der Waals surface area contributed by atoms with Gasteiger partial charge in [-0.15, -0.1) is 0 Å². The van der Waals surface area contributed by atoms with E-state index in [1.54, 1.807) is 0 Å². The summed E-state index contributed by atoms with van der Waals surface area (Å²) in [6.45, 7) is 5.03. The molecular weight excluding hydrogens is 248 g/mol. The maximum atomic E-state index is 12.2. The molecule has 1 amide bonds. The molecular formula is C17H24N2O. The Hall–Kier alpha value is -1.35. The first-order chi connectivity index (χ1) is 9.63. The number of benzene rings is 1. The number of hydrogen-bond donors (Lipinski definition) is 2. The summed E-state index contributed by atoms with van der Waals surface area (Å²) in [6.07, 6.45) is 3.42. The van der Waals surface area contributed by atoms with Crippen LogP contribution in [0.3, 0.4) is 0 Å². The van der Waals surface area contributed by atoms with Gasteiger partial charge in [-0.25, -0.2) is 0 Å². The van der Waals surface area contributed by atoms with E-state index < -0.39 is 0 Å². The lowest BCUT2D eigenvalue weighted by atomic mass is 9.88. The predicted octanol–water partition coefficient (Wildman–Crippen LogP) is 2.57. The Morgan fingerprint density at radius 3 is 2.60 bits per heavy atom. The van der Waals surface area contributed by atoms with E-state index in [0.29, 0.717) is 24.5 Å².